The third-order valence-electron chi connectivity index (χ3n) is 0.971. The summed E-state index contributed by atoms with van der Waals surface area (Å²) in [7, 11) is -1.26. The largest absolute Gasteiger partial charge is 0.253 e. The molecule has 0 radical (unpaired) electrons. The fraction of sp³-hybridized carbons (Fsp3) is 0.429. The van der Waals surface area contributed by atoms with Crippen molar-refractivity contribution in [1.29, 1.82) is 0 Å². The Bertz CT molecular complexity index is 273. The Hall–Kier alpha value is -1.08. The number of hydrogen-bond donors (Lipinski definition) is 1. The molecule has 0 aliphatic rings. The predicted octanol–water partition coefficient (Wildman–Crippen LogP) is 1.03. The maximum absolute atomic E-state index is 3.90. The number of nitrogens with zero attached hydrogens (tertiary/aromatic N) is 2. The summed E-state index contributed by atoms with van der Waals surface area (Å²) in [6.45, 7) is 6.57. The minimum Gasteiger partial charge on any atom is -0.253 e. The summed E-state index contributed by atoms with van der Waals surface area (Å²) in [5, 5.41) is 6.40. The van der Waals surface area contributed by atoms with Crippen LogP contribution in [0.5, 0.6) is 0 Å². The predicted molar refractivity (Wildman–Crippen MR) is 46.6 cm³/mol. The third kappa shape index (κ3) is 3.00. The van der Waals surface area contributed by atoms with E-state index in [1.807, 2.05) is 0 Å². The van der Waals surface area contributed by atoms with Crippen LogP contribution in [0.2, 0.25) is 19.6 Å². The first-order valence-electron chi connectivity index (χ1n) is 3.46. The number of rotatable bonds is 0. The molecule has 4 heteroatoms. The number of hydrogen-bond acceptors (Lipinski definition) is 2. The lowest BCUT2D eigenvalue weighted by Crippen LogP contribution is -2.16. The first-order valence-corrected chi connectivity index (χ1v) is 6.96. The van der Waals surface area contributed by atoms with Crippen molar-refractivity contribution in [3.8, 4) is 11.5 Å². The van der Waals surface area contributed by atoms with E-state index in [2.05, 4.69) is 46.3 Å². The van der Waals surface area contributed by atoms with Crippen LogP contribution in [0.1, 0.15) is 5.82 Å². The maximum Gasteiger partial charge on any atom is 0.200 e. The van der Waals surface area contributed by atoms with Gasteiger partial charge in [-0.05, 0) is 5.92 Å². The molecule has 0 amide bonds. The lowest BCUT2D eigenvalue weighted by Gasteiger charge is -2.02. The van der Waals surface area contributed by atoms with E-state index < -0.39 is 8.07 Å². The highest BCUT2D eigenvalue weighted by Gasteiger charge is 2.07. The molecular formula is C7H11N3Si. The summed E-state index contributed by atoms with van der Waals surface area (Å²) in [6.07, 6.45) is 1.47. The van der Waals surface area contributed by atoms with Crippen LogP contribution in [0.4, 0.5) is 0 Å². The van der Waals surface area contributed by atoms with Gasteiger partial charge in [-0.2, -0.15) is 5.10 Å². The van der Waals surface area contributed by atoms with Crippen molar-refractivity contribution < 1.29 is 0 Å². The van der Waals surface area contributed by atoms with Crippen molar-refractivity contribution in [2.75, 3.05) is 0 Å². The molecule has 3 nitrogen and oxygen atoms in total. The van der Waals surface area contributed by atoms with Crippen LogP contribution >= 0.6 is 0 Å². The summed E-state index contributed by atoms with van der Waals surface area (Å²) in [6, 6.07) is 0. The molecular weight excluding hydrogens is 154 g/mol. The van der Waals surface area contributed by atoms with Gasteiger partial charge in [-0.3, -0.25) is 5.10 Å². The molecule has 0 spiro atoms. The van der Waals surface area contributed by atoms with Gasteiger partial charge in [0, 0.05) is 0 Å². The van der Waals surface area contributed by atoms with Gasteiger partial charge in [0.05, 0.1) is 0 Å². The zero-order chi connectivity index (χ0) is 8.32. The molecule has 58 valence electrons. The van der Waals surface area contributed by atoms with Gasteiger partial charge in [-0.25, -0.2) is 4.98 Å². The van der Waals surface area contributed by atoms with Crippen molar-refractivity contribution in [2.45, 2.75) is 19.6 Å². The summed E-state index contributed by atoms with van der Waals surface area (Å²) in [4.78, 5) is 3.90. The van der Waals surface area contributed by atoms with Crippen molar-refractivity contribution >= 4 is 8.07 Å². The van der Waals surface area contributed by atoms with Gasteiger partial charge >= 0.3 is 0 Å². The Balaban J connectivity index is 2.74. The molecule has 0 aliphatic heterocycles. The van der Waals surface area contributed by atoms with E-state index in [1.165, 1.54) is 6.33 Å². The van der Waals surface area contributed by atoms with E-state index in [0.717, 1.165) is 0 Å². The monoisotopic (exact) mass is 165 g/mol. The average molecular weight is 165 g/mol. The highest BCUT2D eigenvalue weighted by molar-refractivity contribution is 6.83. The summed E-state index contributed by atoms with van der Waals surface area (Å²) in [5.74, 6) is 3.61. The van der Waals surface area contributed by atoms with Gasteiger partial charge in [0.15, 0.2) is 5.82 Å². The zero-order valence-electron chi connectivity index (χ0n) is 6.97. The molecule has 1 heterocycles. The Labute approximate surface area is 67.3 Å². The van der Waals surface area contributed by atoms with Gasteiger partial charge in [0.2, 0.25) is 0 Å². The summed E-state index contributed by atoms with van der Waals surface area (Å²) < 4.78 is 0. The van der Waals surface area contributed by atoms with E-state index in [4.69, 9.17) is 0 Å². The third-order valence-corrected chi connectivity index (χ3v) is 1.85. The van der Waals surface area contributed by atoms with Crippen LogP contribution in [0, 0.1) is 11.5 Å². The minimum atomic E-state index is -1.26. The average Bonchev–Trinajstić information content (AvgIpc) is 2.32. The van der Waals surface area contributed by atoms with Gasteiger partial charge in [-0.15, -0.1) is 5.54 Å². The molecule has 1 N–H and O–H groups in total. The Morgan fingerprint density at radius 2 is 2.18 bits per heavy atom. The molecule has 1 rings (SSSR count). The molecule has 1 aromatic rings. The van der Waals surface area contributed by atoms with E-state index in [0.29, 0.717) is 5.82 Å². The quantitative estimate of drug-likeness (QED) is 0.461. The van der Waals surface area contributed by atoms with E-state index in [1.54, 1.807) is 0 Å². The van der Waals surface area contributed by atoms with E-state index >= 15 is 0 Å². The summed E-state index contributed by atoms with van der Waals surface area (Å²) >= 11 is 0. The lowest BCUT2D eigenvalue weighted by molar-refractivity contribution is 1.08. The molecule has 0 saturated heterocycles. The van der Waals surface area contributed by atoms with Gasteiger partial charge in [-0.1, -0.05) is 19.6 Å². The second-order valence-electron chi connectivity index (χ2n) is 3.33. The second-order valence-corrected chi connectivity index (χ2v) is 8.08. The van der Waals surface area contributed by atoms with Gasteiger partial charge in [0.25, 0.3) is 0 Å². The molecule has 1 aromatic heterocycles. The zero-order valence-corrected chi connectivity index (χ0v) is 7.97. The fourth-order valence-electron chi connectivity index (χ4n) is 0.512. The second kappa shape index (κ2) is 2.89. The molecule has 0 aliphatic carbocycles. The number of H-pyrrole nitrogens is 1. The fourth-order valence-corrected chi connectivity index (χ4v) is 1.01. The van der Waals surface area contributed by atoms with Crippen molar-refractivity contribution in [2.24, 2.45) is 0 Å². The number of aromatic nitrogens is 3. The van der Waals surface area contributed by atoms with E-state index in [9.17, 15) is 0 Å². The van der Waals surface area contributed by atoms with Crippen LogP contribution in [-0.4, -0.2) is 23.3 Å². The first-order chi connectivity index (χ1) is 5.08. The Morgan fingerprint density at radius 3 is 2.64 bits per heavy atom. The molecule has 11 heavy (non-hydrogen) atoms. The number of nitrogens with one attached hydrogen (secondary N) is 1. The number of aromatic amines is 1. The smallest absolute Gasteiger partial charge is 0.200 e. The molecule has 0 atom stereocenters. The molecule has 0 unspecified atom stereocenters. The van der Waals surface area contributed by atoms with Gasteiger partial charge < -0.3 is 0 Å². The highest BCUT2D eigenvalue weighted by Crippen LogP contribution is 1.96. The van der Waals surface area contributed by atoms with Crippen molar-refractivity contribution in [1.82, 2.24) is 15.2 Å². The standard InChI is InChI=1S/C7H11N3Si/c1-11(2,3)5-4-7-8-6-9-10-7/h6H,1-3H3,(H,8,9,10). The molecule has 0 fully saturated rings. The summed E-state index contributed by atoms with van der Waals surface area (Å²) in [5.41, 5.74) is 3.18. The molecule has 0 bridgehead atoms. The molecule has 0 aromatic carbocycles. The lowest BCUT2D eigenvalue weighted by atomic mass is 10.7. The molecule has 0 saturated carbocycles. The highest BCUT2D eigenvalue weighted by atomic mass is 28.3. The van der Waals surface area contributed by atoms with Crippen LogP contribution in [0.3, 0.4) is 0 Å². The van der Waals surface area contributed by atoms with Crippen LogP contribution in [0.25, 0.3) is 0 Å². The van der Waals surface area contributed by atoms with E-state index in [-0.39, 0.29) is 0 Å². The minimum absolute atomic E-state index is 0.660. The normalized spacial score (nSPS) is 10.5. The van der Waals surface area contributed by atoms with Crippen LogP contribution in [0.15, 0.2) is 6.33 Å². The van der Waals surface area contributed by atoms with Crippen molar-refractivity contribution in [3.63, 3.8) is 0 Å². The Morgan fingerprint density at radius 1 is 1.45 bits per heavy atom. The Kier molecular flexibility index (Phi) is 2.10. The topological polar surface area (TPSA) is 41.6 Å². The van der Waals surface area contributed by atoms with Gasteiger partial charge in [0.1, 0.15) is 14.4 Å². The first kappa shape index (κ1) is 8.02. The van der Waals surface area contributed by atoms with Crippen LogP contribution < -0.4 is 0 Å². The van der Waals surface area contributed by atoms with Crippen LogP contribution in [-0.2, 0) is 0 Å². The SMILES string of the molecule is C[Si](C)(C)C#Cc1ncn[nH]1. The maximum atomic E-state index is 3.90. The van der Waals surface area contributed by atoms with Crippen molar-refractivity contribution in [3.05, 3.63) is 12.2 Å².